The lowest BCUT2D eigenvalue weighted by Gasteiger charge is -2.20. The van der Waals surface area contributed by atoms with Crippen LogP contribution in [0, 0.1) is 15.9 Å². The van der Waals surface area contributed by atoms with Crippen molar-refractivity contribution in [2.24, 2.45) is 7.05 Å². The molecule has 2 heterocycles. The maximum absolute atomic E-state index is 14.5. The highest BCUT2D eigenvalue weighted by Crippen LogP contribution is 2.38. The molecule has 0 saturated carbocycles. The van der Waals surface area contributed by atoms with Gasteiger partial charge in [-0.05, 0) is 51.6 Å². The van der Waals surface area contributed by atoms with E-state index in [0.717, 1.165) is 0 Å². The van der Waals surface area contributed by atoms with Crippen LogP contribution >= 0.6 is 0 Å². The summed E-state index contributed by atoms with van der Waals surface area (Å²) in [5.41, 5.74) is 0.0801. The minimum absolute atomic E-state index is 0.0474. The lowest BCUT2D eigenvalue weighted by molar-refractivity contribution is -0.385. The highest BCUT2D eigenvalue weighted by Gasteiger charge is 2.24. The zero-order valence-corrected chi connectivity index (χ0v) is 20.9. The number of nitrogens with one attached hydrogen (secondary N) is 1. The number of ether oxygens (including phenoxy) is 2. The Morgan fingerprint density at radius 3 is 2.58 bits per heavy atom. The number of aromatic nitrogens is 4. The van der Waals surface area contributed by atoms with Gasteiger partial charge in [0.25, 0.3) is 0 Å². The number of aryl methyl sites for hydroxylation is 1. The molecule has 192 valence electrons. The van der Waals surface area contributed by atoms with Gasteiger partial charge in [0.1, 0.15) is 23.6 Å². The molecule has 1 aromatic carbocycles. The summed E-state index contributed by atoms with van der Waals surface area (Å²) in [4.78, 5) is 33.3. The first-order chi connectivity index (χ1) is 16.9. The predicted octanol–water partition coefficient (Wildman–Crippen LogP) is 3.91. The molecular formula is C23H28FN7O5. The molecule has 0 aliphatic rings. The van der Waals surface area contributed by atoms with Crippen LogP contribution < -0.4 is 10.1 Å². The Hall–Kier alpha value is -4.13. The van der Waals surface area contributed by atoms with Crippen LogP contribution in [-0.2, 0) is 24.9 Å². The van der Waals surface area contributed by atoms with E-state index in [1.54, 1.807) is 45.8 Å². The van der Waals surface area contributed by atoms with Crippen molar-refractivity contribution >= 4 is 17.6 Å². The largest absolute Gasteiger partial charge is 0.490 e. The van der Waals surface area contributed by atoms with Crippen molar-refractivity contribution < 1.29 is 23.6 Å². The van der Waals surface area contributed by atoms with Gasteiger partial charge in [0, 0.05) is 26.2 Å². The number of carbonyl (C=O) groups excluding carboxylic acids is 1. The molecular weight excluding hydrogens is 473 g/mol. The molecule has 3 rings (SSSR count). The number of pyridine rings is 1. The lowest BCUT2D eigenvalue weighted by atomic mass is 10.1. The van der Waals surface area contributed by atoms with Crippen molar-refractivity contribution in [3.05, 3.63) is 57.8 Å². The second-order valence-corrected chi connectivity index (χ2v) is 9.12. The first kappa shape index (κ1) is 26.5. The summed E-state index contributed by atoms with van der Waals surface area (Å²) in [7, 11) is 4.74. The van der Waals surface area contributed by atoms with E-state index in [9.17, 15) is 19.3 Å². The molecule has 3 aromatic rings. The van der Waals surface area contributed by atoms with Gasteiger partial charge in [0.05, 0.1) is 23.3 Å². The van der Waals surface area contributed by atoms with Gasteiger partial charge in [-0.15, -0.1) is 0 Å². The Morgan fingerprint density at radius 2 is 2.00 bits per heavy atom. The van der Waals surface area contributed by atoms with Crippen LogP contribution in [-0.4, -0.2) is 55.4 Å². The predicted molar refractivity (Wildman–Crippen MR) is 129 cm³/mol. The SMILES string of the molecule is COc1c(-c2ncn(C)n2)cc(CN(C)Cc2nc(NC(=O)OC(C)(C)C)ccc2F)cc1[N+](=O)[O-]. The van der Waals surface area contributed by atoms with E-state index in [1.807, 2.05) is 0 Å². The fourth-order valence-corrected chi connectivity index (χ4v) is 3.44. The minimum atomic E-state index is -0.706. The van der Waals surface area contributed by atoms with Crippen LogP contribution in [0.2, 0.25) is 0 Å². The monoisotopic (exact) mass is 501 g/mol. The zero-order chi connectivity index (χ0) is 26.6. The van der Waals surface area contributed by atoms with Crippen LogP contribution in [0.4, 0.5) is 20.7 Å². The van der Waals surface area contributed by atoms with E-state index >= 15 is 0 Å². The number of nitro benzene ring substituents is 1. The molecule has 0 bridgehead atoms. The Labute approximate surface area is 207 Å². The molecule has 0 atom stereocenters. The number of carbonyl (C=O) groups is 1. The molecule has 1 N–H and O–H groups in total. The van der Waals surface area contributed by atoms with E-state index in [1.165, 1.54) is 36.3 Å². The van der Waals surface area contributed by atoms with Gasteiger partial charge in [-0.3, -0.25) is 25.0 Å². The standard InChI is InChI=1S/C23H28FN7O5/c1-23(2,3)36-22(32)27-19-8-7-16(24)17(26-19)12-29(4)11-14-9-15(21-25-13-30(5)28-21)20(35-6)18(10-14)31(33)34/h7-10,13H,11-12H2,1-6H3,(H,26,27,32). The Bertz CT molecular complexity index is 1270. The van der Waals surface area contributed by atoms with E-state index in [2.05, 4.69) is 20.4 Å². The van der Waals surface area contributed by atoms with Gasteiger partial charge >= 0.3 is 11.8 Å². The lowest BCUT2D eigenvalue weighted by Crippen LogP contribution is -2.27. The van der Waals surface area contributed by atoms with E-state index < -0.39 is 22.4 Å². The van der Waals surface area contributed by atoms with E-state index in [0.29, 0.717) is 11.1 Å². The van der Waals surface area contributed by atoms with Crippen LogP contribution in [0.25, 0.3) is 11.4 Å². The minimum Gasteiger partial charge on any atom is -0.490 e. The molecule has 0 saturated heterocycles. The van der Waals surface area contributed by atoms with Gasteiger partial charge in [-0.2, -0.15) is 5.10 Å². The van der Waals surface area contributed by atoms with Crippen LogP contribution in [0.15, 0.2) is 30.6 Å². The normalized spacial score (nSPS) is 11.4. The fraction of sp³-hybridized carbons (Fsp3) is 0.391. The average Bonchev–Trinajstić information content (AvgIpc) is 3.20. The Balaban J connectivity index is 1.83. The van der Waals surface area contributed by atoms with Crippen molar-refractivity contribution in [3.8, 4) is 17.1 Å². The van der Waals surface area contributed by atoms with Gasteiger partial charge in [-0.25, -0.2) is 19.2 Å². The van der Waals surface area contributed by atoms with Crippen LogP contribution in [0.5, 0.6) is 5.75 Å². The van der Waals surface area contributed by atoms with Gasteiger partial charge in [0.15, 0.2) is 5.82 Å². The number of nitro groups is 1. The topological polar surface area (TPSA) is 138 Å². The van der Waals surface area contributed by atoms with Crippen molar-refractivity contribution in [2.45, 2.75) is 39.5 Å². The first-order valence-corrected chi connectivity index (χ1v) is 10.9. The number of amides is 1. The molecule has 36 heavy (non-hydrogen) atoms. The summed E-state index contributed by atoms with van der Waals surface area (Å²) in [6.07, 6.45) is 0.772. The molecule has 13 heteroatoms. The quantitative estimate of drug-likeness (QED) is 0.360. The molecule has 0 fully saturated rings. The highest BCUT2D eigenvalue weighted by molar-refractivity contribution is 5.83. The summed E-state index contributed by atoms with van der Waals surface area (Å²) in [6, 6.07) is 5.63. The van der Waals surface area contributed by atoms with Crippen LogP contribution in [0.1, 0.15) is 32.0 Å². The third-order valence-corrected chi connectivity index (χ3v) is 4.79. The molecule has 0 radical (unpaired) electrons. The third-order valence-electron chi connectivity index (χ3n) is 4.79. The Morgan fingerprint density at radius 1 is 1.28 bits per heavy atom. The van der Waals surface area contributed by atoms with E-state index in [-0.39, 0.29) is 41.9 Å². The fourth-order valence-electron chi connectivity index (χ4n) is 3.44. The smallest absolute Gasteiger partial charge is 0.413 e. The van der Waals surface area contributed by atoms with E-state index in [4.69, 9.17) is 9.47 Å². The molecule has 0 unspecified atom stereocenters. The number of halogens is 1. The number of hydrogen-bond donors (Lipinski definition) is 1. The molecule has 2 aromatic heterocycles. The number of rotatable bonds is 8. The first-order valence-electron chi connectivity index (χ1n) is 10.9. The molecule has 1 amide bonds. The van der Waals surface area contributed by atoms with Gasteiger partial charge in [-0.1, -0.05) is 0 Å². The number of hydrogen-bond acceptors (Lipinski definition) is 9. The second-order valence-electron chi connectivity index (χ2n) is 9.12. The van der Waals surface area contributed by atoms with Crippen LogP contribution in [0.3, 0.4) is 0 Å². The van der Waals surface area contributed by atoms with Crippen molar-refractivity contribution in [3.63, 3.8) is 0 Å². The average molecular weight is 502 g/mol. The third kappa shape index (κ3) is 6.72. The van der Waals surface area contributed by atoms with Crippen molar-refractivity contribution in [1.29, 1.82) is 0 Å². The summed E-state index contributed by atoms with van der Waals surface area (Å²) in [5, 5.41) is 18.4. The summed E-state index contributed by atoms with van der Waals surface area (Å²) in [5.74, 6) is -0.102. The summed E-state index contributed by atoms with van der Waals surface area (Å²) >= 11 is 0. The van der Waals surface area contributed by atoms with Crippen molar-refractivity contribution in [1.82, 2.24) is 24.6 Å². The number of nitrogens with zero attached hydrogens (tertiary/aromatic N) is 6. The zero-order valence-electron chi connectivity index (χ0n) is 20.9. The van der Waals surface area contributed by atoms with Crippen molar-refractivity contribution in [2.75, 3.05) is 19.5 Å². The number of benzene rings is 1. The van der Waals surface area contributed by atoms with Gasteiger partial charge < -0.3 is 9.47 Å². The number of methoxy groups -OCH3 is 1. The number of anilines is 1. The molecule has 0 aliphatic heterocycles. The summed E-state index contributed by atoms with van der Waals surface area (Å²) in [6.45, 7) is 5.46. The van der Waals surface area contributed by atoms with Gasteiger partial charge in [0.2, 0.25) is 5.75 Å². The maximum Gasteiger partial charge on any atom is 0.413 e. The highest BCUT2D eigenvalue weighted by atomic mass is 19.1. The molecule has 0 spiro atoms. The maximum atomic E-state index is 14.5. The summed E-state index contributed by atoms with van der Waals surface area (Å²) < 4.78 is 26.5. The second kappa shape index (κ2) is 10.6. The molecule has 12 nitrogen and oxygen atoms in total. The Kier molecular flexibility index (Phi) is 7.83. The molecule has 0 aliphatic carbocycles.